The number of nitrogens with zero attached hydrogens (tertiary/aromatic N) is 1. The molecule has 0 unspecified atom stereocenters. The van der Waals surface area contributed by atoms with Crippen LogP contribution >= 0.6 is 0 Å². The summed E-state index contributed by atoms with van der Waals surface area (Å²) in [6.45, 7) is 1.82. The summed E-state index contributed by atoms with van der Waals surface area (Å²) in [5, 5.41) is 3.20. The van der Waals surface area contributed by atoms with Crippen LogP contribution in [-0.4, -0.2) is 44.1 Å². The lowest BCUT2D eigenvalue weighted by molar-refractivity contribution is -0.125. The van der Waals surface area contributed by atoms with Gasteiger partial charge in [0.2, 0.25) is 5.91 Å². The summed E-state index contributed by atoms with van der Waals surface area (Å²) in [6, 6.07) is 8.69. The minimum atomic E-state index is 0.000701. The number of methoxy groups -OCH3 is 1. The molecule has 1 saturated carbocycles. The standard InChI is InChI=1S/C20H31N3O2/c1-23-12-4-5-15(13-22-20(24)17-6-3-7-18(17)21)19(23)14-8-10-16(25-2)11-9-14/h8-11,15,17-19H,3-7,12-13,21H2,1-2H3,(H,22,24)/t15-,17+,18+,19+/m0/s1. The van der Waals surface area contributed by atoms with Crippen molar-refractivity contribution in [3.63, 3.8) is 0 Å². The number of nitrogens with one attached hydrogen (secondary N) is 1. The predicted molar refractivity (Wildman–Crippen MR) is 99.4 cm³/mol. The molecule has 2 aliphatic rings. The van der Waals surface area contributed by atoms with E-state index in [4.69, 9.17) is 10.5 Å². The summed E-state index contributed by atoms with van der Waals surface area (Å²) in [5.41, 5.74) is 7.37. The van der Waals surface area contributed by atoms with E-state index in [-0.39, 0.29) is 17.9 Å². The molecule has 1 aromatic carbocycles. The molecule has 1 saturated heterocycles. The van der Waals surface area contributed by atoms with E-state index in [1.807, 2.05) is 12.1 Å². The number of amides is 1. The van der Waals surface area contributed by atoms with Gasteiger partial charge in [0.1, 0.15) is 5.75 Å². The Balaban J connectivity index is 1.66. The highest BCUT2D eigenvalue weighted by atomic mass is 16.5. The first kappa shape index (κ1) is 18.2. The molecule has 1 heterocycles. The highest BCUT2D eigenvalue weighted by molar-refractivity contribution is 5.79. The molecule has 138 valence electrons. The Bertz CT molecular complexity index is 575. The second-order valence-electron chi connectivity index (χ2n) is 7.55. The topological polar surface area (TPSA) is 67.6 Å². The molecule has 1 aliphatic heterocycles. The Morgan fingerprint density at radius 3 is 2.64 bits per heavy atom. The molecule has 0 aromatic heterocycles. The number of carbonyl (C=O) groups excluding carboxylic acids is 1. The van der Waals surface area contributed by atoms with Gasteiger partial charge in [-0.3, -0.25) is 9.69 Å². The molecular weight excluding hydrogens is 314 g/mol. The summed E-state index contributed by atoms with van der Waals surface area (Å²) in [6.07, 6.45) is 5.28. The minimum Gasteiger partial charge on any atom is -0.497 e. The van der Waals surface area contributed by atoms with Gasteiger partial charge in [0, 0.05) is 18.6 Å². The molecule has 2 fully saturated rings. The van der Waals surface area contributed by atoms with Crippen molar-refractivity contribution in [3.05, 3.63) is 29.8 Å². The maximum atomic E-state index is 12.5. The number of piperidine rings is 1. The van der Waals surface area contributed by atoms with Gasteiger partial charge in [0.25, 0.3) is 0 Å². The summed E-state index contributed by atoms with van der Waals surface area (Å²) >= 11 is 0. The smallest absolute Gasteiger partial charge is 0.224 e. The number of hydrogen-bond donors (Lipinski definition) is 2. The predicted octanol–water partition coefficient (Wildman–Crippen LogP) is 2.32. The van der Waals surface area contributed by atoms with Crippen LogP contribution in [0.25, 0.3) is 0 Å². The van der Waals surface area contributed by atoms with E-state index >= 15 is 0 Å². The van der Waals surface area contributed by atoms with Crippen molar-refractivity contribution in [2.24, 2.45) is 17.6 Å². The van der Waals surface area contributed by atoms with Crippen molar-refractivity contribution in [3.8, 4) is 5.75 Å². The number of hydrogen-bond acceptors (Lipinski definition) is 4. The van der Waals surface area contributed by atoms with Crippen molar-refractivity contribution in [2.75, 3.05) is 27.2 Å². The van der Waals surface area contributed by atoms with E-state index in [1.54, 1.807) is 7.11 Å². The van der Waals surface area contributed by atoms with Gasteiger partial charge in [0.05, 0.1) is 13.0 Å². The van der Waals surface area contributed by atoms with Crippen LogP contribution in [0.15, 0.2) is 24.3 Å². The third kappa shape index (κ3) is 4.15. The molecule has 4 atom stereocenters. The monoisotopic (exact) mass is 345 g/mol. The molecule has 0 bridgehead atoms. The number of nitrogens with two attached hydrogens (primary N) is 1. The summed E-state index contributed by atoms with van der Waals surface area (Å²) < 4.78 is 5.27. The van der Waals surface area contributed by atoms with Crippen LogP contribution in [0.1, 0.15) is 43.7 Å². The maximum Gasteiger partial charge on any atom is 0.224 e. The van der Waals surface area contributed by atoms with Crippen LogP contribution in [0.2, 0.25) is 0 Å². The van der Waals surface area contributed by atoms with E-state index in [1.165, 1.54) is 12.0 Å². The van der Waals surface area contributed by atoms with Gasteiger partial charge in [-0.15, -0.1) is 0 Å². The Kier molecular flexibility index (Phi) is 5.97. The fourth-order valence-corrected chi connectivity index (χ4v) is 4.48. The van der Waals surface area contributed by atoms with Gasteiger partial charge in [-0.25, -0.2) is 0 Å². The normalized spacial score (nSPS) is 30.2. The quantitative estimate of drug-likeness (QED) is 0.859. The molecule has 0 spiro atoms. The third-order valence-corrected chi connectivity index (χ3v) is 5.91. The number of benzene rings is 1. The summed E-state index contributed by atoms with van der Waals surface area (Å²) in [4.78, 5) is 14.9. The molecule has 5 heteroatoms. The van der Waals surface area contributed by atoms with Crippen LogP contribution in [-0.2, 0) is 4.79 Å². The Hall–Kier alpha value is -1.59. The van der Waals surface area contributed by atoms with Gasteiger partial charge >= 0.3 is 0 Å². The lowest BCUT2D eigenvalue weighted by atomic mass is 9.84. The molecule has 3 N–H and O–H groups in total. The zero-order chi connectivity index (χ0) is 17.8. The van der Waals surface area contributed by atoms with Crippen molar-refractivity contribution in [1.29, 1.82) is 0 Å². The van der Waals surface area contributed by atoms with Crippen molar-refractivity contribution in [2.45, 2.75) is 44.2 Å². The van der Waals surface area contributed by atoms with Crippen molar-refractivity contribution >= 4 is 5.91 Å². The molecule has 25 heavy (non-hydrogen) atoms. The molecule has 1 aromatic rings. The van der Waals surface area contributed by atoms with Gasteiger partial charge in [-0.05, 0) is 62.9 Å². The number of ether oxygens (including phenoxy) is 1. The van der Waals surface area contributed by atoms with Gasteiger partial charge in [0.15, 0.2) is 0 Å². The SMILES string of the molecule is COc1ccc([C@@H]2[C@H](CNC(=O)[C@@H]3CCC[C@H]3N)CCCN2C)cc1. The fourth-order valence-electron chi connectivity index (χ4n) is 4.48. The second kappa shape index (κ2) is 8.19. The molecule has 0 radical (unpaired) electrons. The lowest BCUT2D eigenvalue weighted by Gasteiger charge is -2.40. The highest BCUT2D eigenvalue weighted by Gasteiger charge is 2.33. The zero-order valence-electron chi connectivity index (χ0n) is 15.4. The molecule has 1 amide bonds. The summed E-state index contributed by atoms with van der Waals surface area (Å²) in [5.74, 6) is 1.45. The number of rotatable bonds is 5. The average molecular weight is 345 g/mol. The van der Waals surface area contributed by atoms with Crippen LogP contribution in [0.5, 0.6) is 5.75 Å². The van der Waals surface area contributed by atoms with E-state index < -0.39 is 0 Å². The van der Waals surface area contributed by atoms with Crippen molar-refractivity contribution in [1.82, 2.24) is 10.2 Å². The second-order valence-corrected chi connectivity index (χ2v) is 7.55. The minimum absolute atomic E-state index is 0.000701. The zero-order valence-corrected chi connectivity index (χ0v) is 15.4. The maximum absolute atomic E-state index is 12.5. The highest BCUT2D eigenvalue weighted by Crippen LogP contribution is 2.35. The first-order chi connectivity index (χ1) is 12.1. The average Bonchev–Trinajstić information content (AvgIpc) is 3.06. The Morgan fingerprint density at radius 1 is 1.24 bits per heavy atom. The van der Waals surface area contributed by atoms with E-state index in [2.05, 4.69) is 29.4 Å². The van der Waals surface area contributed by atoms with E-state index in [0.717, 1.165) is 44.5 Å². The van der Waals surface area contributed by atoms with E-state index in [0.29, 0.717) is 12.0 Å². The number of carbonyl (C=O) groups is 1. The number of likely N-dealkylation sites (tertiary alicyclic amines) is 1. The van der Waals surface area contributed by atoms with Gasteiger partial charge in [-0.1, -0.05) is 18.6 Å². The largest absolute Gasteiger partial charge is 0.497 e. The van der Waals surface area contributed by atoms with Gasteiger partial charge in [-0.2, -0.15) is 0 Å². The van der Waals surface area contributed by atoms with Gasteiger partial charge < -0.3 is 15.8 Å². The summed E-state index contributed by atoms with van der Waals surface area (Å²) in [7, 11) is 3.86. The van der Waals surface area contributed by atoms with Crippen molar-refractivity contribution < 1.29 is 9.53 Å². The van der Waals surface area contributed by atoms with Crippen LogP contribution < -0.4 is 15.8 Å². The van der Waals surface area contributed by atoms with Crippen LogP contribution in [0.4, 0.5) is 0 Å². The first-order valence-corrected chi connectivity index (χ1v) is 9.47. The lowest BCUT2D eigenvalue weighted by Crippen LogP contribution is -2.44. The molecule has 3 rings (SSSR count). The first-order valence-electron chi connectivity index (χ1n) is 9.47. The van der Waals surface area contributed by atoms with E-state index in [9.17, 15) is 4.79 Å². The third-order valence-electron chi connectivity index (χ3n) is 5.91. The molecule has 5 nitrogen and oxygen atoms in total. The Labute approximate surface area is 150 Å². The van der Waals surface area contributed by atoms with Crippen LogP contribution in [0.3, 0.4) is 0 Å². The Morgan fingerprint density at radius 2 is 2.00 bits per heavy atom. The molecular formula is C20H31N3O2. The fraction of sp³-hybridized carbons (Fsp3) is 0.650. The van der Waals surface area contributed by atoms with Crippen LogP contribution in [0, 0.1) is 11.8 Å². The molecule has 1 aliphatic carbocycles.